The average Bonchev–Trinajstić information content (AvgIpc) is 2.88. The van der Waals surface area contributed by atoms with Crippen LogP contribution in [0.4, 0.5) is 27.1 Å². The van der Waals surface area contributed by atoms with Crippen LogP contribution in [0.2, 0.25) is 0 Å². The predicted octanol–water partition coefficient (Wildman–Crippen LogP) is 7.81. The van der Waals surface area contributed by atoms with Crippen molar-refractivity contribution in [1.82, 2.24) is 0 Å². The SMILES string of the molecule is C=C.CC(C)(C)C1CCN(c2ccc(N)cc2)CC1.CC1(C)CCN(c2ccc(N)cc2)CC1.CF. The van der Waals surface area contributed by atoms with E-state index in [0.717, 1.165) is 30.4 Å². The Bertz CT molecular complexity index is 838. The van der Waals surface area contributed by atoms with Crippen molar-refractivity contribution < 1.29 is 4.39 Å². The highest BCUT2D eigenvalue weighted by molar-refractivity contribution is 5.54. The molecule has 2 aromatic carbocycles. The van der Waals surface area contributed by atoms with Gasteiger partial charge in [0.1, 0.15) is 0 Å². The Morgan fingerprint density at radius 3 is 1.39 bits per heavy atom. The van der Waals surface area contributed by atoms with Crippen molar-refractivity contribution in [2.75, 3.05) is 54.6 Å². The Labute approximate surface area is 220 Å². The van der Waals surface area contributed by atoms with Crippen LogP contribution in [0.3, 0.4) is 0 Å². The first-order valence-corrected chi connectivity index (χ1v) is 13.1. The van der Waals surface area contributed by atoms with E-state index >= 15 is 0 Å². The largest absolute Gasteiger partial charge is 0.399 e. The maximum Gasteiger partial charge on any atom is 0.0785 e. The molecule has 2 heterocycles. The summed E-state index contributed by atoms with van der Waals surface area (Å²) in [5, 5.41) is 0. The van der Waals surface area contributed by atoms with Gasteiger partial charge >= 0.3 is 0 Å². The molecule has 2 saturated heterocycles. The first kappa shape index (κ1) is 31.3. The number of anilines is 4. The minimum atomic E-state index is 0.452. The third-order valence-corrected chi connectivity index (χ3v) is 7.35. The second-order valence-electron chi connectivity index (χ2n) is 11.5. The molecule has 0 bridgehead atoms. The van der Waals surface area contributed by atoms with Gasteiger partial charge in [-0.1, -0.05) is 34.6 Å². The molecule has 0 unspecified atom stereocenters. The molecule has 36 heavy (non-hydrogen) atoms. The molecule has 4 rings (SSSR count). The molecule has 0 radical (unpaired) electrons. The van der Waals surface area contributed by atoms with Crippen molar-refractivity contribution in [3.8, 4) is 0 Å². The number of hydrogen-bond acceptors (Lipinski definition) is 4. The molecule has 4 nitrogen and oxygen atoms in total. The third kappa shape index (κ3) is 10.1. The number of piperidine rings is 2. The van der Waals surface area contributed by atoms with Crippen molar-refractivity contribution in [3.63, 3.8) is 0 Å². The summed E-state index contributed by atoms with van der Waals surface area (Å²) in [4.78, 5) is 4.92. The summed E-state index contributed by atoms with van der Waals surface area (Å²) in [6.07, 6.45) is 5.15. The van der Waals surface area contributed by atoms with Crippen LogP contribution in [0.1, 0.15) is 60.3 Å². The zero-order valence-electron chi connectivity index (χ0n) is 23.7. The second-order valence-corrected chi connectivity index (χ2v) is 11.5. The minimum Gasteiger partial charge on any atom is -0.399 e. The van der Waals surface area contributed by atoms with E-state index in [0.29, 0.717) is 18.0 Å². The van der Waals surface area contributed by atoms with Gasteiger partial charge in [-0.25, -0.2) is 0 Å². The molecular weight excluding hydrogens is 447 g/mol. The summed E-state index contributed by atoms with van der Waals surface area (Å²) < 4.78 is 9.50. The fourth-order valence-corrected chi connectivity index (χ4v) is 4.74. The molecule has 0 aromatic heterocycles. The van der Waals surface area contributed by atoms with Gasteiger partial charge in [0.25, 0.3) is 0 Å². The van der Waals surface area contributed by atoms with E-state index in [9.17, 15) is 4.39 Å². The highest BCUT2D eigenvalue weighted by atomic mass is 19.1. The molecule has 0 spiro atoms. The highest BCUT2D eigenvalue weighted by Crippen LogP contribution is 2.35. The van der Waals surface area contributed by atoms with Crippen molar-refractivity contribution >= 4 is 22.7 Å². The van der Waals surface area contributed by atoms with E-state index in [2.05, 4.69) is 81.8 Å². The van der Waals surface area contributed by atoms with Gasteiger partial charge in [-0.05, 0) is 91.0 Å². The van der Waals surface area contributed by atoms with E-state index in [1.807, 2.05) is 24.3 Å². The van der Waals surface area contributed by atoms with E-state index in [4.69, 9.17) is 11.5 Å². The average molecular weight is 499 g/mol. The van der Waals surface area contributed by atoms with Gasteiger partial charge in [0, 0.05) is 48.9 Å². The van der Waals surface area contributed by atoms with Crippen LogP contribution in [0.15, 0.2) is 61.7 Å². The van der Waals surface area contributed by atoms with Crippen LogP contribution in [-0.2, 0) is 0 Å². The predicted molar refractivity (Wildman–Crippen MR) is 160 cm³/mol. The van der Waals surface area contributed by atoms with Gasteiger partial charge in [-0.3, -0.25) is 4.39 Å². The minimum absolute atomic E-state index is 0.452. The van der Waals surface area contributed by atoms with Crippen LogP contribution in [-0.4, -0.2) is 33.4 Å². The summed E-state index contributed by atoms with van der Waals surface area (Å²) in [5.41, 5.74) is 16.7. The summed E-state index contributed by atoms with van der Waals surface area (Å²) in [6.45, 7) is 22.5. The van der Waals surface area contributed by atoms with Crippen molar-refractivity contribution in [2.24, 2.45) is 16.7 Å². The Morgan fingerprint density at radius 2 is 1.06 bits per heavy atom. The zero-order valence-corrected chi connectivity index (χ0v) is 23.7. The van der Waals surface area contributed by atoms with Crippen LogP contribution in [0, 0.1) is 16.7 Å². The monoisotopic (exact) mass is 498 g/mol. The Kier molecular flexibility index (Phi) is 12.9. The second kappa shape index (κ2) is 14.8. The summed E-state index contributed by atoms with van der Waals surface area (Å²) in [7, 11) is 0.500. The fourth-order valence-electron chi connectivity index (χ4n) is 4.74. The zero-order chi connectivity index (χ0) is 27.4. The number of rotatable bonds is 2. The van der Waals surface area contributed by atoms with Crippen molar-refractivity contribution in [2.45, 2.75) is 60.3 Å². The third-order valence-electron chi connectivity index (χ3n) is 7.35. The molecule has 2 aromatic rings. The first-order chi connectivity index (χ1) is 17.0. The lowest BCUT2D eigenvalue weighted by atomic mass is 9.75. The molecule has 0 saturated carbocycles. The summed E-state index contributed by atoms with van der Waals surface area (Å²) in [5.74, 6) is 0.854. The summed E-state index contributed by atoms with van der Waals surface area (Å²) in [6, 6.07) is 16.4. The number of nitrogens with zero attached hydrogens (tertiary/aromatic N) is 2. The highest BCUT2D eigenvalue weighted by Gasteiger charge is 2.28. The smallest absolute Gasteiger partial charge is 0.0785 e. The van der Waals surface area contributed by atoms with Gasteiger partial charge in [0.2, 0.25) is 0 Å². The van der Waals surface area contributed by atoms with E-state index in [-0.39, 0.29) is 0 Å². The van der Waals surface area contributed by atoms with Crippen molar-refractivity contribution in [3.05, 3.63) is 61.7 Å². The molecule has 0 amide bonds. The Balaban J connectivity index is 0.000000318. The molecular formula is C31H51FN4. The topological polar surface area (TPSA) is 58.5 Å². The number of nitrogens with two attached hydrogens (primary N) is 2. The number of hydrogen-bond donors (Lipinski definition) is 2. The molecule has 2 fully saturated rings. The maximum absolute atomic E-state index is 9.50. The van der Waals surface area contributed by atoms with Gasteiger partial charge in [-0.2, -0.15) is 0 Å². The standard InChI is InChI=1S/C15H24N2.C13H20N2.C2H4.CH3F/c1-15(2,3)12-8-10-17(11-9-12)14-6-4-13(16)5-7-14;1-13(2)7-9-15(10-8-13)12-5-3-11(14)4-6-12;2*1-2/h4-7,12H,8-11,16H2,1-3H3;3-6H,7-10,14H2,1-2H3;1-2H2;1H3. The van der Waals surface area contributed by atoms with Gasteiger partial charge < -0.3 is 21.3 Å². The van der Waals surface area contributed by atoms with Gasteiger partial charge in [0.05, 0.1) is 7.18 Å². The molecule has 202 valence electrons. The first-order valence-electron chi connectivity index (χ1n) is 13.1. The molecule has 0 aliphatic carbocycles. The molecule has 2 aliphatic rings. The van der Waals surface area contributed by atoms with Crippen LogP contribution in [0.5, 0.6) is 0 Å². The lowest BCUT2D eigenvalue weighted by Crippen LogP contribution is -2.37. The van der Waals surface area contributed by atoms with Gasteiger partial charge in [0.15, 0.2) is 0 Å². The normalized spacial score (nSPS) is 17.4. The maximum atomic E-state index is 9.50. The number of nitrogen functional groups attached to an aromatic ring is 2. The van der Waals surface area contributed by atoms with Crippen LogP contribution in [0.25, 0.3) is 0 Å². The molecule has 0 atom stereocenters. The molecule has 2 aliphatic heterocycles. The lowest BCUT2D eigenvalue weighted by Gasteiger charge is -2.39. The number of benzene rings is 2. The van der Waals surface area contributed by atoms with Crippen molar-refractivity contribution in [1.29, 1.82) is 0 Å². The van der Waals surface area contributed by atoms with Gasteiger partial charge in [-0.15, -0.1) is 13.2 Å². The number of halogens is 1. The Hall–Kier alpha value is -2.69. The fraction of sp³-hybridized carbons (Fsp3) is 0.548. The summed E-state index contributed by atoms with van der Waals surface area (Å²) >= 11 is 0. The van der Waals surface area contributed by atoms with E-state index < -0.39 is 0 Å². The van der Waals surface area contributed by atoms with Crippen LogP contribution < -0.4 is 21.3 Å². The Morgan fingerprint density at radius 1 is 0.722 bits per heavy atom. The number of alkyl halides is 1. The van der Waals surface area contributed by atoms with E-state index in [1.54, 1.807) is 0 Å². The van der Waals surface area contributed by atoms with Crippen LogP contribution >= 0.6 is 0 Å². The lowest BCUT2D eigenvalue weighted by molar-refractivity contribution is 0.199. The quantitative estimate of drug-likeness (QED) is 0.327. The molecule has 4 N–H and O–H groups in total. The van der Waals surface area contributed by atoms with E-state index in [1.165, 1.54) is 50.1 Å². The molecule has 5 heteroatoms.